The summed E-state index contributed by atoms with van der Waals surface area (Å²) in [5, 5.41) is 5.17. The first kappa shape index (κ1) is 15.8. The molecule has 2 rings (SSSR count). The number of hydrogen-bond donors (Lipinski definition) is 1. The number of carbonyl (C=O) groups excluding carboxylic acids is 1. The monoisotopic (exact) mass is 305 g/mol. The summed E-state index contributed by atoms with van der Waals surface area (Å²) in [7, 11) is 1.62. The molecule has 1 atom stereocenters. The summed E-state index contributed by atoms with van der Waals surface area (Å²) in [6.07, 6.45) is 1.10. The number of benzene rings is 2. The van der Waals surface area contributed by atoms with Gasteiger partial charge >= 0.3 is 0 Å². The largest absolute Gasteiger partial charge is 0.383 e. The van der Waals surface area contributed by atoms with Crippen LogP contribution in [0.1, 0.15) is 12.0 Å². The molecule has 0 spiro atoms. The fourth-order valence-corrected chi connectivity index (χ4v) is 2.46. The normalized spacial score (nSPS) is 12.3. The molecule has 0 saturated heterocycles. The van der Waals surface area contributed by atoms with Gasteiger partial charge < -0.3 is 10.1 Å². The standard InChI is InChI=1S/C17H20ClNO2/c1-21-12-16(18)8-9-19-17(20)11-13-6-7-14-4-2-3-5-15(14)10-13/h2-7,10,16H,8-9,11-12H2,1H3,(H,19,20). The van der Waals surface area contributed by atoms with Gasteiger partial charge in [0.05, 0.1) is 18.4 Å². The van der Waals surface area contributed by atoms with E-state index < -0.39 is 0 Å². The van der Waals surface area contributed by atoms with Crippen molar-refractivity contribution in [3.05, 3.63) is 48.0 Å². The van der Waals surface area contributed by atoms with Crippen molar-refractivity contribution in [3.8, 4) is 0 Å². The van der Waals surface area contributed by atoms with E-state index in [2.05, 4.69) is 23.5 Å². The van der Waals surface area contributed by atoms with Crippen molar-refractivity contribution >= 4 is 28.3 Å². The molecule has 1 unspecified atom stereocenters. The number of hydrogen-bond acceptors (Lipinski definition) is 2. The topological polar surface area (TPSA) is 38.3 Å². The second-order valence-corrected chi connectivity index (χ2v) is 5.67. The fraction of sp³-hybridized carbons (Fsp3) is 0.353. The molecule has 0 bridgehead atoms. The molecule has 1 N–H and O–H groups in total. The lowest BCUT2D eigenvalue weighted by atomic mass is 10.0. The summed E-state index contributed by atoms with van der Waals surface area (Å²) < 4.78 is 4.95. The van der Waals surface area contributed by atoms with Crippen LogP contribution in [0.3, 0.4) is 0 Å². The molecule has 0 aliphatic heterocycles. The summed E-state index contributed by atoms with van der Waals surface area (Å²) in [4.78, 5) is 11.9. The third-order valence-electron chi connectivity index (χ3n) is 3.31. The Balaban J connectivity index is 1.83. The Labute approximate surface area is 130 Å². The minimum Gasteiger partial charge on any atom is -0.383 e. The van der Waals surface area contributed by atoms with E-state index in [9.17, 15) is 4.79 Å². The first-order chi connectivity index (χ1) is 10.2. The fourth-order valence-electron chi connectivity index (χ4n) is 2.23. The highest BCUT2D eigenvalue weighted by atomic mass is 35.5. The Morgan fingerprint density at radius 3 is 2.76 bits per heavy atom. The van der Waals surface area contributed by atoms with Crippen LogP contribution in [0.25, 0.3) is 10.8 Å². The molecule has 0 radical (unpaired) electrons. The van der Waals surface area contributed by atoms with Crippen LogP contribution in [0.4, 0.5) is 0 Å². The van der Waals surface area contributed by atoms with Crippen molar-refractivity contribution in [1.29, 1.82) is 0 Å². The van der Waals surface area contributed by atoms with Crippen LogP contribution in [-0.2, 0) is 16.0 Å². The Morgan fingerprint density at radius 1 is 1.24 bits per heavy atom. The summed E-state index contributed by atoms with van der Waals surface area (Å²) >= 11 is 6.01. The zero-order valence-electron chi connectivity index (χ0n) is 12.1. The van der Waals surface area contributed by atoms with E-state index in [0.717, 1.165) is 10.9 Å². The smallest absolute Gasteiger partial charge is 0.224 e. The number of alkyl halides is 1. The lowest BCUT2D eigenvalue weighted by molar-refractivity contribution is -0.120. The van der Waals surface area contributed by atoms with Crippen LogP contribution >= 0.6 is 11.6 Å². The number of fused-ring (bicyclic) bond motifs is 1. The van der Waals surface area contributed by atoms with Gasteiger partial charge in [-0.2, -0.15) is 0 Å². The van der Waals surface area contributed by atoms with Crippen LogP contribution in [0.2, 0.25) is 0 Å². The predicted octanol–water partition coefficient (Wildman–Crippen LogP) is 3.14. The van der Waals surface area contributed by atoms with Crippen LogP contribution in [0.15, 0.2) is 42.5 Å². The highest BCUT2D eigenvalue weighted by molar-refractivity contribution is 6.20. The number of methoxy groups -OCH3 is 1. The van der Waals surface area contributed by atoms with Gasteiger partial charge in [-0.1, -0.05) is 42.5 Å². The maximum absolute atomic E-state index is 11.9. The molecule has 112 valence electrons. The summed E-state index contributed by atoms with van der Waals surface area (Å²) in [5.41, 5.74) is 1.02. The first-order valence-corrected chi connectivity index (χ1v) is 7.50. The Bertz CT molecular complexity index is 600. The summed E-state index contributed by atoms with van der Waals surface area (Å²) in [6.45, 7) is 1.08. The molecule has 21 heavy (non-hydrogen) atoms. The van der Waals surface area contributed by atoms with Gasteiger partial charge in [0.1, 0.15) is 0 Å². The quantitative estimate of drug-likeness (QED) is 0.798. The molecule has 0 aromatic heterocycles. The Morgan fingerprint density at radius 2 is 2.00 bits per heavy atom. The molecule has 2 aromatic rings. The number of ether oxygens (including phenoxy) is 1. The van der Waals surface area contributed by atoms with E-state index in [1.165, 1.54) is 5.39 Å². The van der Waals surface area contributed by atoms with Gasteiger partial charge in [-0.3, -0.25) is 4.79 Å². The van der Waals surface area contributed by atoms with Gasteiger partial charge in [-0.15, -0.1) is 11.6 Å². The van der Waals surface area contributed by atoms with E-state index in [1.54, 1.807) is 7.11 Å². The molecule has 0 aliphatic carbocycles. The van der Waals surface area contributed by atoms with E-state index in [-0.39, 0.29) is 11.3 Å². The second kappa shape index (κ2) is 8.01. The SMILES string of the molecule is COCC(Cl)CCNC(=O)Cc1ccc2ccccc2c1. The van der Waals surface area contributed by atoms with E-state index in [1.807, 2.05) is 24.3 Å². The van der Waals surface area contributed by atoms with E-state index >= 15 is 0 Å². The van der Waals surface area contributed by atoms with Gasteiger partial charge in [0, 0.05) is 13.7 Å². The van der Waals surface area contributed by atoms with Gasteiger partial charge in [-0.25, -0.2) is 0 Å². The molecular formula is C17H20ClNO2. The van der Waals surface area contributed by atoms with Crippen LogP contribution in [0.5, 0.6) is 0 Å². The Hall–Kier alpha value is -1.58. The van der Waals surface area contributed by atoms with Crippen LogP contribution in [0, 0.1) is 0 Å². The number of nitrogens with one attached hydrogen (secondary N) is 1. The van der Waals surface area contributed by atoms with Gasteiger partial charge in [0.25, 0.3) is 0 Å². The molecule has 0 fully saturated rings. The lowest BCUT2D eigenvalue weighted by Gasteiger charge is -2.09. The zero-order chi connectivity index (χ0) is 15.1. The van der Waals surface area contributed by atoms with Crippen molar-refractivity contribution in [2.24, 2.45) is 0 Å². The van der Waals surface area contributed by atoms with Crippen molar-refractivity contribution in [2.45, 2.75) is 18.2 Å². The van der Waals surface area contributed by atoms with Gasteiger partial charge in [-0.05, 0) is 22.8 Å². The molecule has 3 nitrogen and oxygen atoms in total. The molecule has 4 heteroatoms. The van der Waals surface area contributed by atoms with Crippen LogP contribution < -0.4 is 5.32 Å². The molecule has 0 heterocycles. The molecular weight excluding hydrogens is 286 g/mol. The number of amides is 1. The van der Waals surface area contributed by atoms with Crippen molar-refractivity contribution in [1.82, 2.24) is 5.32 Å². The Kier molecular flexibility index (Phi) is 6.03. The van der Waals surface area contributed by atoms with Crippen LogP contribution in [-0.4, -0.2) is 31.5 Å². The average molecular weight is 306 g/mol. The highest BCUT2D eigenvalue weighted by Crippen LogP contribution is 2.15. The average Bonchev–Trinajstić information content (AvgIpc) is 2.47. The van der Waals surface area contributed by atoms with E-state index in [4.69, 9.17) is 16.3 Å². The number of rotatable bonds is 7. The maximum atomic E-state index is 11.9. The highest BCUT2D eigenvalue weighted by Gasteiger charge is 2.07. The number of carbonyl (C=O) groups is 1. The first-order valence-electron chi connectivity index (χ1n) is 7.06. The minimum absolute atomic E-state index is 0.0200. The predicted molar refractivity (Wildman–Crippen MR) is 86.8 cm³/mol. The number of halogens is 1. The second-order valence-electron chi connectivity index (χ2n) is 5.05. The van der Waals surface area contributed by atoms with Crippen molar-refractivity contribution in [3.63, 3.8) is 0 Å². The molecule has 1 amide bonds. The minimum atomic E-state index is -0.0593. The third kappa shape index (κ3) is 5.03. The molecule has 0 aliphatic rings. The molecule has 0 saturated carbocycles. The maximum Gasteiger partial charge on any atom is 0.224 e. The van der Waals surface area contributed by atoms with Gasteiger partial charge in [0.15, 0.2) is 0 Å². The zero-order valence-corrected chi connectivity index (χ0v) is 12.9. The molecule has 2 aromatic carbocycles. The lowest BCUT2D eigenvalue weighted by Crippen LogP contribution is -2.28. The van der Waals surface area contributed by atoms with Crippen molar-refractivity contribution < 1.29 is 9.53 Å². The summed E-state index contributed by atoms with van der Waals surface area (Å²) in [6, 6.07) is 14.2. The third-order valence-corrected chi connectivity index (χ3v) is 3.65. The summed E-state index contributed by atoms with van der Waals surface area (Å²) in [5.74, 6) is 0.0200. The van der Waals surface area contributed by atoms with E-state index in [0.29, 0.717) is 26.0 Å². The van der Waals surface area contributed by atoms with Crippen molar-refractivity contribution in [2.75, 3.05) is 20.3 Å². The van der Waals surface area contributed by atoms with Gasteiger partial charge in [0.2, 0.25) is 5.91 Å².